The van der Waals surface area contributed by atoms with Crippen LogP contribution >= 0.6 is 0 Å². The first-order valence-corrected chi connectivity index (χ1v) is 8.38. The SMILES string of the molecule is CN(CCOc1ccccc1F)C(=O)CC1(CN)CCCCC1. The second-order valence-corrected chi connectivity index (χ2v) is 6.54. The minimum atomic E-state index is -0.384. The Morgan fingerprint density at radius 3 is 2.65 bits per heavy atom. The lowest BCUT2D eigenvalue weighted by molar-refractivity contribution is -0.133. The summed E-state index contributed by atoms with van der Waals surface area (Å²) in [7, 11) is 1.76. The second kappa shape index (κ2) is 8.29. The third-order valence-corrected chi connectivity index (χ3v) is 4.82. The number of rotatable bonds is 7. The van der Waals surface area contributed by atoms with Crippen molar-refractivity contribution in [2.45, 2.75) is 38.5 Å². The van der Waals surface area contributed by atoms with Crippen LogP contribution in [0.3, 0.4) is 0 Å². The van der Waals surface area contributed by atoms with Gasteiger partial charge in [-0.3, -0.25) is 4.79 Å². The molecule has 0 bridgehead atoms. The average molecular weight is 322 g/mol. The first kappa shape index (κ1) is 17.7. The lowest BCUT2D eigenvalue weighted by Gasteiger charge is -2.36. The van der Waals surface area contributed by atoms with Gasteiger partial charge in [-0.25, -0.2) is 4.39 Å². The molecule has 2 rings (SSSR count). The van der Waals surface area contributed by atoms with E-state index in [-0.39, 0.29) is 29.5 Å². The number of carbonyl (C=O) groups excluding carboxylic acids is 1. The van der Waals surface area contributed by atoms with E-state index in [1.807, 2.05) is 0 Å². The van der Waals surface area contributed by atoms with Crippen molar-refractivity contribution < 1.29 is 13.9 Å². The molecular weight excluding hydrogens is 295 g/mol. The topological polar surface area (TPSA) is 55.6 Å². The Balaban J connectivity index is 1.79. The fourth-order valence-corrected chi connectivity index (χ4v) is 3.19. The van der Waals surface area contributed by atoms with Crippen LogP contribution in [0, 0.1) is 11.2 Å². The molecule has 5 heteroatoms. The lowest BCUT2D eigenvalue weighted by atomic mass is 9.71. The molecule has 0 saturated heterocycles. The highest BCUT2D eigenvalue weighted by Crippen LogP contribution is 2.38. The molecule has 4 nitrogen and oxygen atoms in total. The predicted octanol–water partition coefficient (Wildman–Crippen LogP) is 2.96. The van der Waals surface area contributed by atoms with E-state index in [9.17, 15) is 9.18 Å². The monoisotopic (exact) mass is 322 g/mol. The summed E-state index contributed by atoms with van der Waals surface area (Å²) in [5, 5.41) is 0. The van der Waals surface area contributed by atoms with Gasteiger partial charge in [-0.1, -0.05) is 31.4 Å². The molecule has 1 aromatic carbocycles. The molecule has 2 N–H and O–H groups in total. The quantitative estimate of drug-likeness (QED) is 0.839. The standard InChI is InChI=1S/C18H27FN2O2/c1-21(11-12-23-16-8-4-3-7-15(16)19)17(22)13-18(14-20)9-5-2-6-10-18/h3-4,7-8H,2,5-6,9-14,20H2,1H3. The number of benzene rings is 1. The molecule has 1 saturated carbocycles. The summed E-state index contributed by atoms with van der Waals surface area (Å²) < 4.78 is 18.9. The first-order chi connectivity index (χ1) is 11.1. The number of nitrogens with zero attached hydrogens (tertiary/aromatic N) is 1. The van der Waals surface area contributed by atoms with Gasteiger partial charge in [-0.15, -0.1) is 0 Å². The van der Waals surface area contributed by atoms with Gasteiger partial charge in [-0.05, 0) is 36.9 Å². The number of amides is 1. The Morgan fingerprint density at radius 1 is 1.30 bits per heavy atom. The van der Waals surface area contributed by atoms with E-state index in [0.717, 1.165) is 25.7 Å². The number of para-hydroxylation sites is 1. The number of nitrogens with two attached hydrogens (primary N) is 1. The number of hydrogen-bond donors (Lipinski definition) is 1. The van der Waals surface area contributed by atoms with Gasteiger partial charge in [0.2, 0.25) is 5.91 Å². The van der Waals surface area contributed by atoms with Gasteiger partial charge in [0.25, 0.3) is 0 Å². The van der Waals surface area contributed by atoms with Crippen molar-refractivity contribution in [3.8, 4) is 5.75 Å². The summed E-state index contributed by atoms with van der Waals surface area (Å²) in [6.07, 6.45) is 6.13. The van der Waals surface area contributed by atoms with Crippen molar-refractivity contribution in [1.82, 2.24) is 4.90 Å². The Morgan fingerprint density at radius 2 is 2.00 bits per heavy atom. The number of carbonyl (C=O) groups is 1. The molecule has 0 aromatic heterocycles. The summed E-state index contributed by atoms with van der Waals surface area (Å²) in [6, 6.07) is 6.29. The molecule has 0 radical (unpaired) electrons. The smallest absolute Gasteiger partial charge is 0.223 e. The fourth-order valence-electron chi connectivity index (χ4n) is 3.19. The second-order valence-electron chi connectivity index (χ2n) is 6.54. The van der Waals surface area contributed by atoms with Crippen molar-refractivity contribution in [3.63, 3.8) is 0 Å². The van der Waals surface area contributed by atoms with Crippen molar-refractivity contribution in [2.75, 3.05) is 26.7 Å². The van der Waals surface area contributed by atoms with Crippen LogP contribution in [0.25, 0.3) is 0 Å². The molecule has 1 amide bonds. The molecule has 1 aliphatic carbocycles. The Bertz CT molecular complexity index is 515. The van der Waals surface area contributed by atoms with Crippen LogP contribution in [-0.4, -0.2) is 37.6 Å². The Kier molecular flexibility index (Phi) is 6.39. The normalized spacial score (nSPS) is 16.8. The van der Waals surface area contributed by atoms with Crippen molar-refractivity contribution in [3.05, 3.63) is 30.1 Å². The minimum absolute atomic E-state index is 0.0318. The van der Waals surface area contributed by atoms with E-state index in [1.165, 1.54) is 12.5 Å². The summed E-state index contributed by atoms with van der Waals surface area (Å²) >= 11 is 0. The molecule has 0 spiro atoms. The van der Waals surface area contributed by atoms with Gasteiger partial charge in [0.1, 0.15) is 6.61 Å². The Labute approximate surface area is 137 Å². The number of halogens is 1. The van der Waals surface area contributed by atoms with Gasteiger partial charge >= 0.3 is 0 Å². The minimum Gasteiger partial charge on any atom is -0.489 e. The van der Waals surface area contributed by atoms with Crippen molar-refractivity contribution >= 4 is 5.91 Å². The maximum atomic E-state index is 13.5. The largest absolute Gasteiger partial charge is 0.489 e. The first-order valence-electron chi connectivity index (χ1n) is 8.38. The van der Waals surface area contributed by atoms with Crippen LogP contribution in [0.2, 0.25) is 0 Å². The number of hydrogen-bond acceptors (Lipinski definition) is 3. The molecule has 0 unspecified atom stereocenters. The molecule has 23 heavy (non-hydrogen) atoms. The predicted molar refractivity (Wildman–Crippen MR) is 88.7 cm³/mol. The van der Waals surface area contributed by atoms with E-state index < -0.39 is 0 Å². The van der Waals surface area contributed by atoms with Crippen LogP contribution in [0.1, 0.15) is 38.5 Å². The maximum Gasteiger partial charge on any atom is 0.223 e. The van der Waals surface area contributed by atoms with Crippen LogP contribution < -0.4 is 10.5 Å². The molecule has 128 valence electrons. The van der Waals surface area contributed by atoms with Crippen LogP contribution in [0.5, 0.6) is 5.75 Å². The highest BCUT2D eigenvalue weighted by Gasteiger charge is 2.33. The zero-order valence-corrected chi connectivity index (χ0v) is 13.9. The van der Waals surface area contributed by atoms with E-state index in [0.29, 0.717) is 19.5 Å². The average Bonchev–Trinajstić information content (AvgIpc) is 2.57. The number of likely N-dealkylation sites (N-methyl/N-ethyl adjacent to an activating group) is 1. The number of ether oxygens (including phenoxy) is 1. The third-order valence-electron chi connectivity index (χ3n) is 4.82. The van der Waals surface area contributed by atoms with Gasteiger partial charge in [-0.2, -0.15) is 0 Å². The molecular formula is C18H27FN2O2. The van der Waals surface area contributed by atoms with Crippen molar-refractivity contribution in [2.24, 2.45) is 11.1 Å². The highest BCUT2D eigenvalue weighted by molar-refractivity contribution is 5.76. The molecule has 0 atom stereocenters. The van der Waals surface area contributed by atoms with E-state index >= 15 is 0 Å². The van der Waals surface area contributed by atoms with Gasteiger partial charge in [0, 0.05) is 13.5 Å². The highest BCUT2D eigenvalue weighted by atomic mass is 19.1. The van der Waals surface area contributed by atoms with Crippen LogP contribution in [0.15, 0.2) is 24.3 Å². The van der Waals surface area contributed by atoms with E-state index in [1.54, 1.807) is 30.1 Å². The van der Waals surface area contributed by atoms with Gasteiger partial charge in [0.15, 0.2) is 11.6 Å². The lowest BCUT2D eigenvalue weighted by Crippen LogP contribution is -2.40. The van der Waals surface area contributed by atoms with Gasteiger partial charge in [0.05, 0.1) is 6.54 Å². The zero-order valence-electron chi connectivity index (χ0n) is 13.9. The fraction of sp³-hybridized carbons (Fsp3) is 0.611. The molecule has 1 fully saturated rings. The van der Waals surface area contributed by atoms with Gasteiger partial charge < -0.3 is 15.4 Å². The summed E-state index contributed by atoms with van der Waals surface area (Å²) in [6.45, 7) is 1.28. The third kappa shape index (κ3) is 4.93. The molecule has 0 heterocycles. The molecule has 0 aliphatic heterocycles. The zero-order chi connectivity index (χ0) is 16.7. The van der Waals surface area contributed by atoms with Crippen LogP contribution in [0.4, 0.5) is 4.39 Å². The maximum absolute atomic E-state index is 13.5. The summed E-state index contributed by atoms with van der Waals surface area (Å²) in [5.41, 5.74) is 5.91. The van der Waals surface area contributed by atoms with E-state index in [4.69, 9.17) is 10.5 Å². The summed E-state index contributed by atoms with van der Waals surface area (Å²) in [5.74, 6) is -0.0701. The Hall–Kier alpha value is -1.62. The molecule has 1 aromatic rings. The summed E-state index contributed by atoms with van der Waals surface area (Å²) in [4.78, 5) is 14.1. The van der Waals surface area contributed by atoms with E-state index in [2.05, 4.69) is 0 Å². The van der Waals surface area contributed by atoms with Crippen molar-refractivity contribution in [1.29, 1.82) is 0 Å². The molecule has 1 aliphatic rings. The van der Waals surface area contributed by atoms with Crippen LogP contribution in [-0.2, 0) is 4.79 Å².